The van der Waals surface area contributed by atoms with Gasteiger partial charge in [0.15, 0.2) is 0 Å². The van der Waals surface area contributed by atoms with E-state index in [2.05, 4.69) is 10.2 Å². The fraction of sp³-hybridized carbons (Fsp3) is 0.273. The van der Waals surface area contributed by atoms with E-state index in [1.807, 2.05) is 55.7 Å². The van der Waals surface area contributed by atoms with Crippen molar-refractivity contribution in [2.45, 2.75) is 6.29 Å². The van der Waals surface area contributed by atoms with Crippen molar-refractivity contribution in [1.82, 2.24) is 4.90 Å². The molecular weight excluding hydrogens is 224 g/mol. The van der Waals surface area contributed by atoms with Gasteiger partial charge < -0.3 is 4.90 Å². The lowest BCUT2D eigenvalue weighted by molar-refractivity contribution is -0.856. The van der Waals surface area contributed by atoms with Crippen molar-refractivity contribution in [3.63, 3.8) is 0 Å². The summed E-state index contributed by atoms with van der Waals surface area (Å²) in [6, 6.07) is 7.32. The molecule has 0 saturated heterocycles. The molecule has 2 unspecified atom stereocenters. The second kappa shape index (κ2) is 4.63. The number of nitrogens with one attached hydrogen (secondary N) is 1. The number of halogens is 1. The van der Waals surface area contributed by atoms with Crippen LogP contribution in [0.25, 0.3) is 0 Å². The Morgan fingerprint density at radius 1 is 1.31 bits per heavy atom. The highest BCUT2D eigenvalue weighted by molar-refractivity contribution is 6.30. The summed E-state index contributed by atoms with van der Waals surface area (Å²) in [6.07, 6.45) is 4.07. The van der Waals surface area contributed by atoms with E-state index in [1.54, 1.807) is 0 Å². The molecule has 0 spiro atoms. The maximum absolute atomic E-state index is 5.79. The van der Waals surface area contributed by atoms with Gasteiger partial charge in [-0.3, -0.25) is 4.90 Å². The molecule has 0 fully saturated rings. The number of rotatable bonds is 2. The summed E-state index contributed by atoms with van der Waals surface area (Å²) in [4.78, 5) is 3.22. The van der Waals surface area contributed by atoms with Gasteiger partial charge in [0.05, 0.1) is 18.9 Å². The third kappa shape index (κ3) is 2.40. The highest BCUT2D eigenvalue weighted by atomic mass is 35.5. The van der Waals surface area contributed by atoms with Crippen molar-refractivity contribution in [3.8, 4) is 0 Å². The molecule has 0 aromatic heterocycles. The van der Waals surface area contributed by atoms with Crippen molar-refractivity contribution >= 4 is 17.3 Å². The Morgan fingerprint density at radius 2 is 2.00 bits per heavy atom. The predicted molar refractivity (Wildman–Crippen MR) is 63.5 cm³/mol. The molecule has 0 amide bonds. The third-order valence-corrected chi connectivity index (χ3v) is 2.73. The molecule has 0 aliphatic carbocycles. The van der Waals surface area contributed by atoms with Gasteiger partial charge in [0.25, 0.3) is 6.29 Å². The number of nitrogens with zero attached hydrogens (tertiary/aromatic N) is 3. The van der Waals surface area contributed by atoms with Crippen LogP contribution in [0.5, 0.6) is 0 Å². The van der Waals surface area contributed by atoms with E-state index in [9.17, 15) is 0 Å². The van der Waals surface area contributed by atoms with Gasteiger partial charge in [-0.25, -0.2) is 0 Å². The van der Waals surface area contributed by atoms with Crippen molar-refractivity contribution < 1.29 is 4.90 Å². The van der Waals surface area contributed by atoms with E-state index < -0.39 is 0 Å². The Hall–Kier alpha value is -1.39. The zero-order valence-corrected chi connectivity index (χ0v) is 10.0. The SMILES string of the molecule is CN1C=C[NH+](C)C1N=Nc1ccc(Cl)cc1. The first-order valence-corrected chi connectivity index (χ1v) is 5.44. The average Bonchev–Trinajstić information content (AvgIpc) is 2.59. The summed E-state index contributed by atoms with van der Waals surface area (Å²) in [5, 5.41) is 9.20. The molecule has 1 N–H and O–H groups in total. The van der Waals surface area contributed by atoms with Gasteiger partial charge in [0.1, 0.15) is 6.20 Å². The zero-order chi connectivity index (χ0) is 11.5. The fourth-order valence-electron chi connectivity index (χ4n) is 1.53. The van der Waals surface area contributed by atoms with Crippen LogP contribution in [0, 0.1) is 0 Å². The van der Waals surface area contributed by atoms with Crippen LogP contribution >= 0.6 is 11.6 Å². The average molecular weight is 238 g/mol. The highest BCUT2D eigenvalue weighted by Gasteiger charge is 2.24. The number of hydrogen-bond acceptors (Lipinski definition) is 3. The van der Waals surface area contributed by atoms with Gasteiger partial charge in [-0.15, -0.1) is 10.2 Å². The molecule has 0 radical (unpaired) electrons. The molecule has 1 aromatic rings. The second-order valence-electron chi connectivity index (χ2n) is 3.79. The Morgan fingerprint density at radius 3 is 2.56 bits per heavy atom. The minimum atomic E-state index is 0.0238. The molecule has 4 nitrogen and oxygen atoms in total. The Balaban J connectivity index is 2.07. The number of benzene rings is 1. The number of quaternary nitrogens is 1. The van der Waals surface area contributed by atoms with Gasteiger partial charge >= 0.3 is 0 Å². The van der Waals surface area contributed by atoms with Crippen LogP contribution in [-0.2, 0) is 0 Å². The maximum Gasteiger partial charge on any atom is 0.284 e. The fourth-order valence-corrected chi connectivity index (χ4v) is 1.65. The van der Waals surface area contributed by atoms with Crippen LogP contribution in [0.15, 0.2) is 46.9 Å². The molecule has 1 heterocycles. The minimum absolute atomic E-state index is 0.0238. The normalized spacial score (nSPS) is 24.6. The molecule has 16 heavy (non-hydrogen) atoms. The second-order valence-corrected chi connectivity index (χ2v) is 4.23. The summed E-state index contributed by atoms with van der Waals surface area (Å²) in [5.41, 5.74) is 0.817. The first-order chi connectivity index (χ1) is 7.66. The summed E-state index contributed by atoms with van der Waals surface area (Å²) >= 11 is 5.79. The molecule has 1 aromatic carbocycles. The largest absolute Gasteiger partial charge is 0.306 e. The van der Waals surface area contributed by atoms with Crippen LogP contribution in [0.2, 0.25) is 5.02 Å². The molecule has 0 saturated carbocycles. The summed E-state index contributed by atoms with van der Waals surface area (Å²) in [6.45, 7) is 0. The smallest absolute Gasteiger partial charge is 0.284 e. The van der Waals surface area contributed by atoms with Crippen molar-refractivity contribution in [2.24, 2.45) is 10.2 Å². The Kier molecular flexibility index (Phi) is 3.22. The number of hydrogen-bond donors (Lipinski definition) is 1. The van der Waals surface area contributed by atoms with Gasteiger partial charge in [-0.2, -0.15) is 0 Å². The Bertz CT molecular complexity index is 400. The van der Waals surface area contributed by atoms with Crippen LogP contribution in [0.3, 0.4) is 0 Å². The van der Waals surface area contributed by atoms with E-state index in [1.165, 1.54) is 4.90 Å². The summed E-state index contributed by atoms with van der Waals surface area (Å²) in [5.74, 6) is 0. The van der Waals surface area contributed by atoms with E-state index in [-0.39, 0.29) is 6.29 Å². The van der Waals surface area contributed by atoms with Gasteiger partial charge in [0, 0.05) is 12.1 Å². The molecule has 1 aliphatic rings. The molecule has 2 atom stereocenters. The topological polar surface area (TPSA) is 32.4 Å². The lowest BCUT2D eigenvalue weighted by atomic mass is 10.3. The first-order valence-electron chi connectivity index (χ1n) is 5.07. The van der Waals surface area contributed by atoms with Gasteiger partial charge in [-0.05, 0) is 24.3 Å². The number of azo groups is 1. The van der Waals surface area contributed by atoms with Crippen LogP contribution in [0.1, 0.15) is 0 Å². The van der Waals surface area contributed by atoms with E-state index in [4.69, 9.17) is 11.6 Å². The van der Waals surface area contributed by atoms with Crippen LogP contribution in [0.4, 0.5) is 5.69 Å². The lowest BCUT2D eigenvalue weighted by Gasteiger charge is -2.16. The van der Waals surface area contributed by atoms with Crippen molar-refractivity contribution in [2.75, 3.05) is 14.1 Å². The maximum atomic E-state index is 5.79. The van der Waals surface area contributed by atoms with E-state index in [0.717, 1.165) is 5.69 Å². The molecular formula is C11H14ClN4+. The van der Waals surface area contributed by atoms with Crippen molar-refractivity contribution in [1.29, 1.82) is 0 Å². The third-order valence-electron chi connectivity index (χ3n) is 2.47. The Labute approximate surface area is 99.8 Å². The summed E-state index contributed by atoms with van der Waals surface area (Å²) in [7, 11) is 4.03. The predicted octanol–water partition coefficient (Wildman–Crippen LogP) is 1.64. The first kappa shape index (κ1) is 11.1. The standard InChI is InChI=1S/C11H13ClN4/c1-15-7-8-16(2)11(15)14-13-10-5-3-9(12)4-6-10/h3-8,11H,1-2H3/p+1. The highest BCUT2D eigenvalue weighted by Crippen LogP contribution is 2.16. The molecule has 1 aliphatic heterocycles. The molecule has 2 rings (SSSR count). The van der Waals surface area contributed by atoms with E-state index in [0.29, 0.717) is 5.02 Å². The molecule has 84 valence electrons. The van der Waals surface area contributed by atoms with Crippen molar-refractivity contribution in [3.05, 3.63) is 41.7 Å². The molecule has 5 heteroatoms. The summed E-state index contributed by atoms with van der Waals surface area (Å²) < 4.78 is 0. The monoisotopic (exact) mass is 237 g/mol. The zero-order valence-electron chi connectivity index (χ0n) is 9.26. The van der Waals surface area contributed by atoms with Crippen LogP contribution in [-0.4, -0.2) is 25.3 Å². The lowest BCUT2D eigenvalue weighted by Crippen LogP contribution is -3.08. The minimum Gasteiger partial charge on any atom is -0.306 e. The van der Waals surface area contributed by atoms with Gasteiger partial charge in [-0.1, -0.05) is 11.6 Å². The van der Waals surface area contributed by atoms with E-state index >= 15 is 0 Å². The quantitative estimate of drug-likeness (QED) is 0.780. The van der Waals surface area contributed by atoms with Crippen LogP contribution < -0.4 is 4.90 Å². The van der Waals surface area contributed by atoms with Gasteiger partial charge in [0.2, 0.25) is 0 Å². The molecule has 0 bridgehead atoms.